The van der Waals surface area contributed by atoms with Crippen molar-refractivity contribution in [2.24, 2.45) is 0 Å². The van der Waals surface area contributed by atoms with Crippen molar-refractivity contribution in [3.8, 4) is 0 Å². The summed E-state index contributed by atoms with van der Waals surface area (Å²) < 4.78 is 0. The molecule has 0 bridgehead atoms. The van der Waals surface area contributed by atoms with E-state index in [-0.39, 0.29) is 0 Å². The number of anilines is 1. The van der Waals surface area contributed by atoms with Gasteiger partial charge < -0.3 is 9.88 Å². The van der Waals surface area contributed by atoms with Crippen molar-refractivity contribution < 1.29 is 0 Å². The molecule has 2 rings (SSSR count). The highest BCUT2D eigenvalue weighted by atomic mass is 32.2. The monoisotopic (exact) mass is 209 g/mol. The quantitative estimate of drug-likeness (QED) is 0.752. The van der Waals surface area contributed by atoms with Crippen LogP contribution in [0.15, 0.2) is 11.5 Å². The van der Waals surface area contributed by atoms with Crippen LogP contribution in [0.2, 0.25) is 0 Å². The van der Waals surface area contributed by atoms with Gasteiger partial charge >= 0.3 is 0 Å². The van der Waals surface area contributed by atoms with Gasteiger partial charge in [0.1, 0.15) is 11.8 Å². The number of thioether (sulfide) groups is 1. The summed E-state index contributed by atoms with van der Waals surface area (Å²) in [7, 11) is 3.89. The first-order chi connectivity index (χ1) is 6.72. The fourth-order valence-electron chi connectivity index (χ4n) is 1.23. The first kappa shape index (κ1) is 9.26. The van der Waals surface area contributed by atoms with Crippen LogP contribution in [0.3, 0.4) is 0 Å². The zero-order chi connectivity index (χ0) is 10.1. The van der Waals surface area contributed by atoms with E-state index in [4.69, 9.17) is 0 Å². The van der Waals surface area contributed by atoms with Gasteiger partial charge in [-0.1, -0.05) is 11.8 Å². The highest BCUT2D eigenvalue weighted by Crippen LogP contribution is 2.21. The Morgan fingerprint density at radius 1 is 1.36 bits per heavy atom. The van der Waals surface area contributed by atoms with Gasteiger partial charge in [0.05, 0.1) is 0 Å². The smallest absolute Gasteiger partial charge is 0.183 e. The van der Waals surface area contributed by atoms with Gasteiger partial charge in [-0.3, -0.25) is 0 Å². The van der Waals surface area contributed by atoms with Crippen LogP contribution in [-0.2, 0) is 0 Å². The van der Waals surface area contributed by atoms with Crippen LogP contribution in [-0.4, -0.2) is 40.3 Å². The lowest BCUT2D eigenvalue weighted by Crippen LogP contribution is -2.11. The third kappa shape index (κ3) is 1.41. The van der Waals surface area contributed by atoms with Gasteiger partial charge in [0.25, 0.3) is 0 Å². The van der Waals surface area contributed by atoms with Crippen molar-refractivity contribution in [1.82, 2.24) is 19.9 Å². The zero-order valence-corrected chi connectivity index (χ0v) is 9.09. The number of imidazole rings is 1. The van der Waals surface area contributed by atoms with Gasteiger partial charge in [0.2, 0.25) is 0 Å². The molecule has 2 aromatic heterocycles. The summed E-state index contributed by atoms with van der Waals surface area (Å²) >= 11 is 1.56. The van der Waals surface area contributed by atoms with Crippen molar-refractivity contribution in [3.63, 3.8) is 0 Å². The van der Waals surface area contributed by atoms with Crippen LogP contribution in [0.5, 0.6) is 0 Å². The lowest BCUT2D eigenvalue weighted by atomic mass is 10.5. The minimum absolute atomic E-state index is 0.716. The molecule has 0 saturated heterocycles. The normalized spacial score (nSPS) is 10.8. The molecule has 0 atom stereocenters. The van der Waals surface area contributed by atoms with E-state index in [1.165, 1.54) is 6.33 Å². The van der Waals surface area contributed by atoms with Crippen molar-refractivity contribution in [2.45, 2.75) is 5.16 Å². The minimum Gasteiger partial charge on any atom is -0.361 e. The molecule has 1 N–H and O–H groups in total. The van der Waals surface area contributed by atoms with E-state index >= 15 is 0 Å². The Balaban J connectivity index is 2.66. The van der Waals surface area contributed by atoms with Crippen LogP contribution in [0.4, 0.5) is 5.82 Å². The van der Waals surface area contributed by atoms with Gasteiger partial charge in [-0.05, 0) is 6.26 Å². The van der Waals surface area contributed by atoms with Crippen molar-refractivity contribution in [2.75, 3.05) is 25.3 Å². The maximum absolute atomic E-state index is 4.30. The predicted molar refractivity (Wildman–Crippen MR) is 57.8 cm³/mol. The van der Waals surface area contributed by atoms with Crippen molar-refractivity contribution >= 4 is 28.7 Å². The lowest BCUT2D eigenvalue weighted by Gasteiger charge is -2.10. The molecule has 2 aromatic rings. The molecule has 0 aliphatic carbocycles. The van der Waals surface area contributed by atoms with Crippen LogP contribution in [0.1, 0.15) is 0 Å². The molecule has 74 valence electrons. The number of nitrogens with one attached hydrogen (secondary N) is 1. The Morgan fingerprint density at radius 2 is 2.14 bits per heavy atom. The molecule has 0 radical (unpaired) electrons. The van der Waals surface area contributed by atoms with Gasteiger partial charge in [-0.15, -0.1) is 0 Å². The Morgan fingerprint density at radius 3 is 2.79 bits per heavy atom. The van der Waals surface area contributed by atoms with Crippen LogP contribution < -0.4 is 4.90 Å². The molecular weight excluding hydrogens is 198 g/mol. The van der Waals surface area contributed by atoms with E-state index in [1.807, 2.05) is 25.3 Å². The summed E-state index contributed by atoms with van der Waals surface area (Å²) in [5, 5.41) is 0.864. The molecule has 0 aromatic carbocycles. The number of hydrogen-bond donors (Lipinski definition) is 1. The third-order valence-corrected chi connectivity index (χ3v) is 2.44. The fraction of sp³-hybridized carbons (Fsp3) is 0.375. The average Bonchev–Trinajstić information content (AvgIpc) is 2.59. The second-order valence-electron chi connectivity index (χ2n) is 3.04. The molecule has 0 spiro atoms. The zero-order valence-electron chi connectivity index (χ0n) is 8.27. The number of aromatic nitrogens is 4. The summed E-state index contributed by atoms with van der Waals surface area (Å²) in [6.45, 7) is 0. The minimum atomic E-state index is 0.716. The van der Waals surface area contributed by atoms with Crippen LogP contribution in [0.25, 0.3) is 11.2 Å². The molecule has 6 heteroatoms. The second-order valence-corrected chi connectivity index (χ2v) is 3.83. The van der Waals surface area contributed by atoms with Gasteiger partial charge in [0.15, 0.2) is 16.6 Å². The van der Waals surface area contributed by atoms with E-state index in [2.05, 4.69) is 19.9 Å². The topological polar surface area (TPSA) is 57.7 Å². The maximum Gasteiger partial charge on any atom is 0.183 e. The highest BCUT2D eigenvalue weighted by Gasteiger charge is 2.09. The summed E-state index contributed by atoms with van der Waals surface area (Å²) in [6, 6.07) is 0. The number of fused-ring (bicyclic) bond motifs is 1. The van der Waals surface area contributed by atoms with Crippen LogP contribution >= 0.6 is 11.8 Å². The SMILES string of the molecule is CSc1nc2ncnc(N(C)C)c2[nH]1. The van der Waals surface area contributed by atoms with E-state index in [9.17, 15) is 0 Å². The van der Waals surface area contributed by atoms with E-state index in [0.29, 0.717) is 5.65 Å². The van der Waals surface area contributed by atoms with E-state index in [1.54, 1.807) is 11.8 Å². The molecule has 2 heterocycles. The number of aromatic amines is 1. The van der Waals surface area contributed by atoms with Gasteiger partial charge in [-0.25, -0.2) is 15.0 Å². The molecule has 0 aliphatic heterocycles. The highest BCUT2D eigenvalue weighted by molar-refractivity contribution is 7.98. The molecule has 0 amide bonds. The Hall–Kier alpha value is -1.30. The maximum atomic E-state index is 4.30. The lowest BCUT2D eigenvalue weighted by molar-refractivity contribution is 1.05. The first-order valence-corrected chi connectivity index (χ1v) is 5.37. The number of H-pyrrole nitrogens is 1. The molecular formula is C8H11N5S. The van der Waals surface area contributed by atoms with E-state index in [0.717, 1.165) is 16.5 Å². The number of nitrogens with zero attached hydrogens (tertiary/aromatic N) is 4. The van der Waals surface area contributed by atoms with Crippen molar-refractivity contribution in [3.05, 3.63) is 6.33 Å². The third-order valence-electron chi connectivity index (χ3n) is 1.86. The van der Waals surface area contributed by atoms with Gasteiger partial charge in [0, 0.05) is 14.1 Å². The second kappa shape index (κ2) is 3.45. The molecule has 0 saturated carbocycles. The Bertz CT molecular complexity index is 450. The van der Waals surface area contributed by atoms with Gasteiger partial charge in [-0.2, -0.15) is 0 Å². The Kier molecular flexibility index (Phi) is 2.28. The Labute approximate surface area is 86.0 Å². The van der Waals surface area contributed by atoms with E-state index < -0.39 is 0 Å². The molecule has 5 nitrogen and oxygen atoms in total. The van der Waals surface area contributed by atoms with Crippen LogP contribution in [0, 0.1) is 0 Å². The average molecular weight is 209 g/mol. The summed E-state index contributed by atoms with van der Waals surface area (Å²) in [5.41, 5.74) is 1.61. The molecule has 0 unspecified atom stereocenters. The summed E-state index contributed by atoms with van der Waals surface area (Å²) in [6.07, 6.45) is 3.50. The summed E-state index contributed by atoms with van der Waals surface area (Å²) in [4.78, 5) is 17.7. The largest absolute Gasteiger partial charge is 0.361 e. The number of hydrogen-bond acceptors (Lipinski definition) is 5. The number of rotatable bonds is 2. The van der Waals surface area contributed by atoms with Crippen molar-refractivity contribution in [1.29, 1.82) is 0 Å². The molecule has 14 heavy (non-hydrogen) atoms. The summed E-state index contributed by atoms with van der Waals surface area (Å²) in [5.74, 6) is 0.864. The molecule has 0 aliphatic rings. The predicted octanol–water partition coefficient (Wildman–Crippen LogP) is 1.14. The fourth-order valence-corrected chi connectivity index (χ4v) is 1.61. The standard InChI is InChI=1S/C8H11N5S/c1-13(2)7-5-6(9-4-10-7)12-8(11-5)14-3/h4H,1-3H3,(H,9,10,11,12). The molecule has 0 fully saturated rings. The first-order valence-electron chi connectivity index (χ1n) is 4.14.